The number of amides is 2. The molecule has 0 spiro atoms. The normalized spacial score (nSPS) is 11.3. The van der Waals surface area contributed by atoms with E-state index in [1.807, 2.05) is 18.2 Å². The van der Waals surface area contributed by atoms with E-state index in [1.54, 1.807) is 42.3 Å². The quantitative estimate of drug-likeness (QED) is 0.259. The van der Waals surface area contributed by atoms with Gasteiger partial charge in [-0.2, -0.15) is 0 Å². The molecule has 0 heterocycles. The second-order valence-electron chi connectivity index (χ2n) is 8.86. The smallest absolute Gasteiger partial charge is 0.335 e. The molecule has 0 radical (unpaired) electrons. The molecule has 0 fully saturated rings. The van der Waals surface area contributed by atoms with Gasteiger partial charge in [0.15, 0.2) is 5.78 Å². The largest absolute Gasteiger partial charge is 0.478 e. The number of aromatic carboxylic acids is 1. The Bertz CT molecular complexity index is 1360. The highest BCUT2D eigenvalue weighted by atomic mass is 35.5. The maximum absolute atomic E-state index is 13.6. The van der Waals surface area contributed by atoms with Crippen molar-refractivity contribution in [2.24, 2.45) is 0 Å². The molecule has 0 saturated heterocycles. The van der Waals surface area contributed by atoms with Gasteiger partial charge < -0.3 is 25.0 Å². The van der Waals surface area contributed by atoms with Crippen molar-refractivity contribution in [2.75, 3.05) is 30.4 Å². The van der Waals surface area contributed by atoms with Crippen molar-refractivity contribution in [3.05, 3.63) is 94.5 Å². The molecule has 0 saturated carbocycles. The third-order valence-corrected chi connectivity index (χ3v) is 6.30. The van der Waals surface area contributed by atoms with E-state index in [9.17, 15) is 24.0 Å². The number of halogens is 1. The number of carboxylic acid groups (broad SMARTS) is 1. The third kappa shape index (κ3) is 7.75. The zero-order chi connectivity index (χ0) is 28.5. The zero-order valence-corrected chi connectivity index (χ0v) is 22.2. The summed E-state index contributed by atoms with van der Waals surface area (Å²) in [5.41, 5.74) is 1.98. The fraction of sp³-hybridized carbons (Fsp3) is 0.207. The van der Waals surface area contributed by atoms with Gasteiger partial charge in [0.25, 0.3) is 0 Å². The number of anilines is 2. The van der Waals surface area contributed by atoms with Crippen molar-refractivity contribution >= 4 is 52.8 Å². The van der Waals surface area contributed by atoms with Crippen LogP contribution in [0.2, 0.25) is 5.02 Å². The molecule has 0 aliphatic rings. The van der Waals surface area contributed by atoms with Crippen molar-refractivity contribution in [1.29, 1.82) is 0 Å². The minimum Gasteiger partial charge on any atom is -0.478 e. The van der Waals surface area contributed by atoms with Gasteiger partial charge in [-0.05, 0) is 55.0 Å². The number of ketones is 1. The van der Waals surface area contributed by atoms with Gasteiger partial charge in [0.2, 0.25) is 11.8 Å². The first kappa shape index (κ1) is 29.1. The number of nitrogens with one attached hydrogen (secondary N) is 1. The second-order valence-corrected chi connectivity index (χ2v) is 9.30. The molecule has 0 aliphatic carbocycles. The van der Waals surface area contributed by atoms with E-state index in [4.69, 9.17) is 16.7 Å². The predicted molar refractivity (Wildman–Crippen MR) is 148 cm³/mol. The van der Waals surface area contributed by atoms with Gasteiger partial charge in [-0.15, -0.1) is 0 Å². The van der Waals surface area contributed by atoms with E-state index in [0.717, 1.165) is 5.56 Å². The van der Waals surface area contributed by atoms with E-state index in [1.165, 1.54) is 36.1 Å². The minimum atomic E-state index is -1.10. The molecule has 10 heteroatoms. The maximum atomic E-state index is 13.6. The molecule has 0 aromatic heterocycles. The Hall–Kier alpha value is -4.50. The summed E-state index contributed by atoms with van der Waals surface area (Å²) in [5.74, 6) is -2.38. The van der Waals surface area contributed by atoms with Crippen LogP contribution in [0.3, 0.4) is 0 Å². The lowest BCUT2D eigenvalue weighted by Gasteiger charge is -2.32. The van der Waals surface area contributed by atoms with Crippen LogP contribution in [0.25, 0.3) is 0 Å². The summed E-state index contributed by atoms with van der Waals surface area (Å²) in [6.45, 7) is 0.829. The predicted octanol–water partition coefficient (Wildman–Crippen LogP) is 3.95. The summed E-state index contributed by atoms with van der Waals surface area (Å²) in [7, 11) is 1.62. The van der Waals surface area contributed by atoms with Crippen molar-refractivity contribution in [3.8, 4) is 0 Å². The molecule has 2 N–H and O–H groups in total. The lowest BCUT2D eigenvalue weighted by Crippen LogP contribution is -2.52. The Labute approximate surface area is 231 Å². The summed E-state index contributed by atoms with van der Waals surface area (Å²) < 4.78 is 0. The number of likely N-dealkylation sites (N-methyl/N-ethyl adjacent to an activating group) is 1. The van der Waals surface area contributed by atoms with E-state index in [-0.39, 0.29) is 30.9 Å². The summed E-state index contributed by atoms with van der Waals surface area (Å²) in [4.78, 5) is 64.7. The van der Waals surface area contributed by atoms with Crippen LogP contribution in [0, 0.1) is 0 Å². The standard InChI is InChI=1S/C29H28ClN3O6/c1-19(35)24-13-10-22(30)17-25(24)32(2)18-27(36)33(14-15-34)26(16-20-6-4-3-5-7-20)28(37)31-23-11-8-21(9-12-23)29(38)39/h3-13,15,17,26H,14,16,18H2,1-2H3,(H,31,37)(H,38,39). The fourth-order valence-electron chi connectivity index (χ4n) is 4.08. The number of hydrogen-bond acceptors (Lipinski definition) is 6. The number of nitrogens with zero attached hydrogens (tertiary/aromatic N) is 2. The first-order valence-corrected chi connectivity index (χ1v) is 12.4. The summed E-state index contributed by atoms with van der Waals surface area (Å²) in [6.07, 6.45) is 0.671. The number of carboxylic acids is 1. The molecular formula is C29H28ClN3O6. The number of rotatable bonds is 12. The molecule has 1 unspecified atom stereocenters. The van der Waals surface area contributed by atoms with E-state index in [2.05, 4.69) is 5.32 Å². The molecule has 3 aromatic carbocycles. The van der Waals surface area contributed by atoms with Crippen LogP contribution < -0.4 is 10.2 Å². The highest BCUT2D eigenvalue weighted by molar-refractivity contribution is 6.31. The molecular weight excluding hydrogens is 522 g/mol. The molecule has 3 aromatic rings. The Morgan fingerprint density at radius 2 is 1.67 bits per heavy atom. The van der Waals surface area contributed by atoms with Crippen LogP contribution in [0.15, 0.2) is 72.8 Å². The van der Waals surface area contributed by atoms with Crippen LogP contribution in [0.1, 0.15) is 33.2 Å². The Morgan fingerprint density at radius 3 is 2.26 bits per heavy atom. The summed E-state index contributed by atoms with van der Waals surface area (Å²) in [5, 5.41) is 12.2. The van der Waals surface area contributed by atoms with Crippen LogP contribution in [0.5, 0.6) is 0 Å². The van der Waals surface area contributed by atoms with Gasteiger partial charge in [-0.1, -0.05) is 41.9 Å². The Morgan fingerprint density at radius 1 is 1.00 bits per heavy atom. The molecule has 1 atom stereocenters. The first-order chi connectivity index (χ1) is 18.6. The molecule has 202 valence electrons. The highest BCUT2D eigenvalue weighted by Crippen LogP contribution is 2.25. The Balaban J connectivity index is 1.91. The molecule has 2 amide bonds. The van der Waals surface area contributed by atoms with Crippen molar-refractivity contribution in [2.45, 2.75) is 19.4 Å². The van der Waals surface area contributed by atoms with Crippen molar-refractivity contribution < 1.29 is 29.1 Å². The number of Topliss-reactive ketones (excluding diaryl/α,β-unsaturated/α-hetero) is 1. The number of carbonyl (C=O) groups excluding carboxylic acids is 4. The van der Waals surface area contributed by atoms with Gasteiger partial charge in [-0.3, -0.25) is 14.4 Å². The number of aldehydes is 1. The molecule has 9 nitrogen and oxygen atoms in total. The third-order valence-electron chi connectivity index (χ3n) is 6.06. The summed E-state index contributed by atoms with van der Waals surface area (Å²) in [6, 6.07) is 18.3. The van der Waals surface area contributed by atoms with Crippen molar-refractivity contribution in [3.63, 3.8) is 0 Å². The van der Waals surface area contributed by atoms with Gasteiger partial charge in [-0.25, -0.2) is 4.79 Å². The Kier molecular flexibility index (Phi) is 9.94. The lowest BCUT2D eigenvalue weighted by atomic mass is 10.0. The van der Waals surface area contributed by atoms with Gasteiger partial charge >= 0.3 is 5.97 Å². The van der Waals surface area contributed by atoms with Gasteiger partial charge in [0.05, 0.1) is 18.7 Å². The topological polar surface area (TPSA) is 124 Å². The maximum Gasteiger partial charge on any atom is 0.335 e. The molecule has 0 bridgehead atoms. The molecule has 0 aliphatic heterocycles. The first-order valence-electron chi connectivity index (χ1n) is 12.0. The number of benzene rings is 3. The minimum absolute atomic E-state index is 0.0561. The lowest BCUT2D eigenvalue weighted by molar-refractivity contribution is -0.138. The summed E-state index contributed by atoms with van der Waals surface area (Å²) >= 11 is 6.14. The van der Waals surface area contributed by atoms with Crippen molar-refractivity contribution in [1.82, 2.24) is 4.90 Å². The SMILES string of the molecule is CC(=O)c1ccc(Cl)cc1N(C)CC(=O)N(CC=O)C(Cc1ccccc1)C(=O)Nc1ccc(C(=O)O)cc1. The monoisotopic (exact) mass is 549 g/mol. The average Bonchev–Trinajstić information content (AvgIpc) is 2.91. The van der Waals surface area contributed by atoms with Gasteiger partial charge in [0.1, 0.15) is 12.3 Å². The number of carbonyl (C=O) groups is 5. The zero-order valence-electron chi connectivity index (χ0n) is 21.5. The second kappa shape index (κ2) is 13.3. The highest BCUT2D eigenvalue weighted by Gasteiger charge is 2.31. The molecule has 39 heavy (non-hydrogen) atoms. The van der Waals surface area contributed by atoms with E-state index >= 15 is 0 Å². The van der Waals surface area contributed by atoms with Crippen LogP contribution >= 0.6 is 11.6 Å². The average molecular weight is 550 g/mol. The molecule has 3 rings (SSSR count). The fourth-order valence-corrected chi connectivity index (χ4v) is 4.25. The van der Waals surface area contributed by atoms with E-state index < -0.39 is 23.8 Å². The number of hydrogen-bond donors (Lipinski definition) is 2. The van der Waals surface area contributed by atoms with E-state index in [0.29, 0.717) is 28.2 Å². The van der Waals surface area contributed by atoms with Crippen LogP contribution in [-0.4, -0.2) is 66.0 Å². The van der Waals surface area contributed by atoms with Gasteiger partial charge in [0, 0.05) is 35.4 Å². The van der Waals surface area contributed by atoms with Crippen LogP contribution in [-0.2, 0) is 20.8 Å². The van der Waals surface area contributed by atoms with Crippen LogP contribution in [0.4, 0.5) is 11.4 Å².